The van der Waals surface area contributed by atoms with Crippen LogP contribution in [0.1, 0.15) is 0 Å². The molecule has 0 saturated carbocycles. The van der Waals surface area contributed by atoms with Crippen molar-refractivity contribution in [2.24, 2.45) is 0 Å². The molecule has 13 aromatic rings. The molecule has 0 aliphatic carbocycles. The second kappa shape index (κ2) is 13.4. The fourth-order valence-electron chi connectivity index (χ4n) is 10.2. The van der Waals surface area contributed by atoms with Gasteiger partial charge in [0.1, 0.15) is 0 Å². The van der Waals surface area contributed by atoms with Gasteiger partial charge < -0.3 is 0 Å². The van der Waals surface area contributed by atoms with E-state index < -0.39 is 0 Å². The summed E-state index contributed by atoms with van der Waals surface area (Å²) in [6.07, 6.45) is 0. The first kappa shape index (κ1) is 34.1. The summed E-state index contributed by atoms with van der Waals surface area (Å²) < 4.78 is 5.59. The van der Waals surface area contributed by atoms with Crippen LogP contribution in [0, 0.1) is 0 Å². The van der Waals surface area contributed by atoms with E-state index in [-0.39, 0.29) is 14.5 Å². The summed E-state index contributed by atoms with van der Waals surface area (Å²) in [6, 6.07) is 77.3. The van der Waals surface area contributed by atoms with Crippen LogP contribution in [-0.2, 0) is 0 Å². The molecule has 0 bridgehead atoms. The van der Waals surface area contributed by atoms with Gasteiger partial charge in [0.25, 0.3) is 0 Å². The van der Waals surface area contributed by atoms with E-state index in [9.17, 15) is 0 Å². The van der Waals surface area contributed by atoms with E-state index in [0.717, 1.165) is 0 Å². The first-order valence-corrected chi connectivity index (χ1v) is 23.1. The van der Waals surface area contributed by atoms with Crippen molar-refractivity contribution in [3.05, 3.63) is 206 Å². The van der Waals surface area contributed by atoms with Crippen molar-refractivity contribution in [3.8, 4) is 44.5 Å². The second-order valence-corrected chi connectivity index (χ2v) is 19.1. The Morgan fingerprint density at radius 3 is 1.35 bits per heavy atom. The van der Waals surface area contributed by atoms with Gasteiger partial charge in [-0.1, -0.05) is 12.1 Å². The molecule has 11 aromatic carbocycles. The van der Waals surface area contributed by atoms with E-state index in [0.29, 0.717) is 0 Å². The van der Waals surface area contributed by atoms with Gasteiger partial charge in [0.05, 0.1) is 0 Å². The first-order chi connectivity index (χ1) is 29.8. The van der Waals surface area contributed by atoms with E-state index in [1.165, 1.54) is 127 Å². The van der Waals surface area contributed by atoms with Crippen LogP contribution in [0.15, 0.2) is 206 Å². The monoisotopic (exact) mass is 842 g/mol. The van der Waals surface area contributed by atoms with Gasteiger partial charge in [-0.05, 0) is 6.07 Å². The molecule has 0 aliphatic heterocycles. The van der Waals surface area contributed by atoms with Crippen LogP contribution in [0.4, 0.5) is 0 Å². The molecule has 0 saturated heterocycles. The van der Waals surface area contributed by atoms with E-state index in [2.05, 4.69) is 206 Å². The van der Waals surface area contributed by atoms with E-state index in [1.807, 2.05) is 11.3 Å². The van der Waals surface area contributed by atoms with Crippen molar-refractivity contribution in [3.63, 3.8) is 0 Å². The van der Waals surface area contributed by atoms with Gasteiger partial charge in [0.15, 0.2) is 0 Å². The summed E-state index contributed by atoms with van der Waals surface area (Å²) >= 11 is 1.99. The van der Waals surface area contributed by atoms with Crippen LogP contribution < -0.4 is 0 Å². The number of benzene rings is 11. The van der Waals surface area contributed by atoms with Crippen molar-refractivity contribution in [2.45, 2.75) is 0 Å². The van der Waals surface area contributed by atoms with Gasteiger partial charge >= 0.3 is 341 Å². The zero-order valence-electron chi connectivity index (χ0n) is 32.4. The Balaban J connectivity index is 1.09. The Labute approximate surface area is 357 Å². The van der Waals surface area contributed by atoms with E-state index >= 15 is 0 Å². The number of hydrogen-bond donors (Lipinski definition) is 0. The molecule has 0 nitrogen and oxygen atoms in total. The zero-order chi connectivity index (χ0) is 39.3. The average Bonchev–Trinajstić information content (AvgIpc) is 3.89. The summed E-state index contributed by atoms with van der Waals surface area (Å²) in [4.78, 5) is 0. The number of thiophene rings is 1. The molecule has 60 heavy (non-hydrogen) atoms. The fourth-order valence-corrected chi connectivity index (χ4v) is 13.9. The van der Waals surface area contributed by atoms with Gasteiger partial charge in [-0.25, -0.2) is 0 Å². The first-order valence-electron chi connectivity index (χ1n) is 20.6. The number of hydrogen-bond acceptors (Lipinski definition) is 1. The number of rotatable bonds is 4. The molecule has 0 radical (unpaired) electrons. The van der Waals surface area contributed by atoms with E-state index in [1.54, 1.807) is 0 Å². The molecule has 0 fully saturated rings. The van der Waals surface area contributed by atoms with Gasteiger partial charge in [-0.2, -0.15) is 0 Å². The van der Waals surface area contributed by atoms with Crippen LogP contribution in [0.5, 0.6) is 0 Å². The van der Waals surface area contributed by atoms with Crippen LogP contribution in [0.2, 0.25) is 0 Å². The molecule has 0 N–H and O–H groups in total. The predicted molar refractivity (Wildman–Crippen MR) is 263 cm³/mol. The zero-order valence-corrected chi connectivity index (χ0v) is 35.0. The topological polar surface area (TPSA) is 0 Å². The van der Waals surface area contributed by atoms with Crippen LogP contribution in [0.25, 0.3) is 127 Å². The molecular formula is C58H34SSe. The maximum atomic E-state index is 2.43. The molecule has 2 heteroatoms. The van der Waals surface area contributed by atoms with Crippen LogP contribution in [0.3, 0.4) is 0 Å². The SMILES string of the molecule is c1ccc(-c2c3ccccc3c(-c3cccc4c3[se]c3cccc(-c5c6ccccc6c(-c6ccc7sc8ccccc8c7c6)c6ccccc56)c34)c3ccccc23)cc1. The molecule has 13 rings (SSSR count). The molecule has 0 spiro atoms. The van der Waals surface area contributed by atoms with Gasteiger partial charge in [0, 0.05) is 0 Å². The Hall–Kier alpha value is -6.80. The molecule has 0 unspecified atom stereocenters. The van der Waals surface area contributed by atoms with Crippen molar-refractivity contribution >= 4 is 108 Å². The molecular weight excluding hydrogens is 808 g/mol. The van der Waals surface area contributed by atoms with Crippen molar-refractivity contribution in [1.29, 1.82) is 0 Å². The fraction of sp³-hybridized carbons (Fsp3) is 0. The summed E-state index contributed by atoms with van der Waals surface area (Å²) in [5.74, 6) is 0. The normalized spacial score (nSPS) is 12.0. The van der Waals surface area contributed by atoms with Crippen LogP contribution >= 0.6 is 11.3 Å². The molecule has 278 valence electrons. The quantitative estimate of drug-likeness (QED) is 0.122. The van der Waals surface area contributed by atoms with Crippen molar-refractivity contribution in [2.75, 3.05) is 0 Å². The molecule has 2 aromatic heterocycles. The Morgan fingerprint density at radius 1 is 0.283 bits per heavy atom. The summed E-state index contributed by atoms with van der Waals surface area (Å²) in [5.41, 5.74) is 10.5. The third-order valence-electron chi connectivity index (χ3n) is 12.7. The summed E-state index contributed by atoms with van der Waals surface area (Å²) in [5, 5.41) is 15.8. The Morgan fingerprint density at radius 2 is 0.733 bits per heavy atom. The van der Waals surface area contributed by atoms with Gasteiger partial charge in [-0.15, -0.1) is 0 Å². The maximum absolute atomic E-state index is 2.43. The molecule has 2 heterocycles. The summed E-state index contributed by atoms with van der Waals surface area (Å²) in [7, 11) is 0. The average molecular weight is 842 g/mol. The number of fused-ring (bicyclic) bond motifs is 10. The Kier molecular flexibility index (Phi) is 7.59. The van der Waals surface area contributed by atoms with Gasteiger partial charge in [0.2, 0.25) is 0 Å². The second-order valence-electron chi connectivity index (χ2n) is 15.8. The molecule has 0 aliphatic rings. The molecule has 0 amide bonds. The van der Waals surface area contributed by atoms with E-state index in [4.69, 9.17) is 0 Å². The minimum absolute atomic E-state index is 0.113. The van der Waals surface area contributed by atoms with Gasteiger partial charge in [-0.3, -0.25) is 0 Å². The summed E-state index contributed by atoms with van der Waals surface area (Å²) in [6.45, 7) is 0. The standard InChI is InChI=1S/C58H34SSe/c1-2-16-35(17-3-1)53-38-19-4-10-25-44(38)56(45-26-11-5-20-39(45)53)47-28-14-29-48-57-46(27-15-31-52(57)60-58(47)48)55-42-23-8-6-21-40(42)54(41-22-7-9-24-43(41)55)36-32-33-51-49(34-36)37-18-12-13-30-50(37)59-51/h1-34H. The third-order valence-corrected chi connectivity index (χ3v) is 16.3. The predicted octanol–water partition coefficient (Wildman–Crippen LogP) is 16.7. The molecule has 0 atom stereocenters. The third kappa shape index (κ3) is 4.97. The van der Waals surface area contributed by atoms with Crippen molar-refractivity contribution in [1.82, 2.24) is 0 Å². The Bertz CT molecular complexity index is 3770. The minimum atomic E-state index is 0.113. The van der Waals surface area contributed by atoms with Crippen LogP contribution in [-0.4, -0.2) is 14.5 Å². The van der Waals surface area contributed by atoms with Crippen molar-refractivity contribution < 1.29 is 0 Å².